The van der Waals surface area contributed by atoms with Crippen LogP contribution in [-0.4, -0.2) is 10.9 Å². The number of benzene rings is 1. The highest BCUT2D eigenvalue weighted by atomic mass is 35.5. The van der Waals surface area contributed by atoms with E-state index >= 15 is 0 Å². The highest BCUT2D eigenvalue weighted by Crippen LogP contribution is 2.28. The van der Waals surface area contributed by atoms with Crippen LogP contribution in [0.25, 0.3) is 11.0 Å². The van der Waals surface area contributed by atoms with Crippen LogP contribution in [-0.2, 0) is 11.2 Å². The molecule has 3 aromatic rings. The number of furan rings is 1. The van der Waals surface area contributed by atoms with Crippen molar-refractivity contribution < 1.29 is 9.21 Å². The fourth-order valence-corrected chi connectivity index (χ4v) is 2.32. The van der Waals surface area contributed by atoms with Crippen LogP contribution in [0, 0.1) is 6.92 Å². The average molecular weight is 301 g/mol. The summed E-state index contributed by atoms with van der Waals surface area (Å²) in [5, 5.41) is 4.35. The molecule has 1 amide bonds. The molecule has 0 fully saturated rings. The molecule has 0 aliphatic heterocycles. The van der Waals surface area contributed by atoms with Gasteiger partial charge in [0.15, 0.2) is 0 Å². The zero-order valence-electron chi connectivity index (χ0n) is 11.4. The quantitative estimate of drug-likeness (QED) is 0.796. The molecule has 1 aromatic carbocycles. The van der Waals surface area contributed by atoms with Gasteiger partial charge in [0.2, 0.25) is 5.91 Å². The molecule has 4 nitrogen and oxygen atoms in total. The number of pyridine rings is 1. The van der Waals surface area contributed by atoms with Gasteiger partial charge >= 0.3 is 0 Å². The van der Waals surface area contributed by atoms with Crippen molar-refractivity contribution in [1.29, 1.82) is 0 Å². The summed E-state index contributed by atoms with van der Waals surface area (Å²) in [4.78, 5) is 16.0. The summed E-state index contributed by atoms with van der Waals surface area (Å²) in [6.07, 6.45) is 5.10. The number of anilines is 1. The van der Waals surface area contributed by atoms with Crippen molar-refractivity contribution in [3.05, 3.63) is 59.1 Å². The molecule has 3 rings (SSSR count). The largest absolute Gasteiger partial charge is 0.464 e. The first-order chi connectivity index (χ1) is 10.1. The zero-order valence-corrected chi connectivity index (χ0v) is 12.1. The molecule has 2 heterocycles. The summed E-state index contributed by atoms with van der Waals surface area (Å²) in [6, 6.07) is 7.20. The van der Waals surface area contributed by atoms with Crippen molar-refractivity contribution in [2.24, 2.45) is 0 Å². The van der Waals surface area contributed by atoms with E-state index in [0.717, 1.165) is 27.8 Å². The molecular formula is C16H13ClN2O2. The molecule has 21 heavy (non-hydrogen) atoms. The second-order valence-electron chi connectivity index (χ2n) is 4.82. The Morgan fingerprint density at radius 3 is 2.86 bits per heavy atom. The summed E-state index contributed by atoms with van der Waals surface area (Å²) < 4.78 is 5.49. The Bertz CT molecular complexity index is 797. The first-order valence-electron chi connectivity index (χ1n) is 6.49. The van der Waals surface area contributed by atoms with E-state index < -0.39 is 0 Å². The molecule has 1 N–H and O–H groups in total. The normalized spacial score (nSPS) is 10.8. The number of hydrogen-bond donors (Lipinski definition) is 1. The number of nitrogens with zero attached hydrogens (tertiary/aromatic N) is 1. The molecule has 0 saturated carbocycles. The third-order valence-corrected chi connectivity index (χ3v) is 3.66. The van der Waals surface area contributed by atoms with Gasteiger partial charge in [-0.3, -0.25) is 9.78 Å². The molecule has 0 aliphatic carbocycles. The number of halogens is 1. The Hall–Kier alpha value is -2.33. The fraction of sp³-hybridized carbons (Fsp3) is 0.125. The number of aryl methyl sites for hydroxylation is 1. The molecule has 0 atom stereocenters. The smallest absolute Gasteiger partial charge is 0.228 e. The Kier molecular flexibility index (Phi) is 3.62. The fourth-order valence-electron chi connectivity index (χ4n) is 2.15. The number of rotatable bonds is 3. The number of fused-ring (bicyclic) bond motifs is 1. The average Bonchev–Trinajstić information content (AvgIpc) is 2.83. The summed E-state index contributed by atoms with van der Waals surface area (Å²) in [5.41, 5.74) is 3.23. The summed E-state index contributed by atoms with van der Waals surface area (Å²) >= 11 is 6.13. The van der Waals surface area contributed by atoms with Crippen LogP contribution >= 0.6 is 11.6 Å². The Balaban J connectivity index is 1.82. The van der Waals surface area contributed by atoms with Crippen LogP contribution in [0.5, 0.6) is 0 Å². The number of carbonyl (C=O) groups excluding carboxylic acids is 1. The van der Waals surface area contributed by atoms with Gasteiger partial charge in [0.05, 0.1) is 12.7 Å². The third-order valence-electron chi connectivity index (χ3n) is 3.25. The van der Waals surface area contributed by atoms with Crippen molar-refractivity contribution in [2.75, 3.05) is 5.32 Å². The summed E-state index contributed by atoms with van der Waals surface area (Å²) in [6.45, 7) is 1.92. The lowest BCUT2D eigenvalue weighted by atomic mass is 10.1. The van der Waals surface area contributed by atoms with Gasteiger partial charge in [0, 0.05) is 34.1 Å². The molecule has 0 radical (unpaired) electrons. The minimum atomic E-state index is -0.111. The van der Waals surface area contributed by atoms with Crippen molar-refractivity contribution in [2.45, 2.75) is 13.3 Å². The van der Waals surface area contributed by atoms with Crippen LogP contribution in [0.2, 0.25) is 5.02 Å². The standard InChI is InChI=1S/C16H13ClN2O2/c1-10-6-15-13(8-14(10)17)11(9-21-15)7-16(20)19-12-2-4-18-5-3-12/h2-6,8-9H,7H2,1H3,(H,18,19,20). The van der Waals surface area contributed by atoms with E-state index in [4.69, 9.17) is 16.0 Å². The summed E-state index contributed by atoms with van der Waals surface area (Å²) in [5.74, 6) is -0.111. The van der Waals surface area contributed by atoms with Crippen LogP contribution in [0.1, 0.15) is 11.1 Å². The number of hydrogen-bond acceptors (Lipinski definition) is 3. The number of carbonyl (C=O) groups is 1. The molecule has 0 bridgehead atoms. The highest BCUT2D eigenvalue weighted by Gasteiger charge is 2.12. The molecule has 106 valence electrons. The Morgan fingerprint density at radius 2 is 2.10 bits per heavy atom. The topological polar surface area (TPSA) is 55.1 Å². The maximum atomic E-state index is 12.1. The number of amides is 1. The van der Waals surface area contributed by atoms with E-state index in [-0.39, 0.29) is 12.3 Å². The van der Waals surface area contributed by atoms with Crippen molar-refractivity contribution in [3.63, 3.8) is 0 Å². The van der Waals surface area contributed by atoms with E-state index in [1.165, 1.54) is 0 Å². The van der Waals surface area contributed by atoms with Crippen LogP contribution < -0.4 is 5.32 Å². The summed E-state index contributed by atoms with van der Waals surface area (Å²) in [7, 11) is 0. The lowest BCUT2D eigenvalue weighted by Crippen LogP contribution is -2.14. The predicted molar refractivity (Wildman–Crippen MR) is 82.5 cm³/mol. The van der Waals surface area contributed by atoms with E-state index in [2.05, 4.69) is 10.3 Å². The van der Waals surface area contributed by atoms with E-state index in [9.17, 15) is 4.79 Å². The van der Waals surface area contributed by atoms with Crippen molar-refractivity contribution >= 4 is 34.2 Å². The second kappa shape index (κ2) is 5.58. The SMILES string of the molecule is Cc1cc2occ(CC(=O)Nc3ccncc3)c2cc1Cl. The lowest BCUT2D eigenvalue weighted by Gasteiger charge is -2.04. The van der Waals surface area contributed by atoms with Crippen molar-refractivity contribution in [3.8, 4) is 0 Å². The van der Waals surface area contributed by atoms with E-state index in [1.807, 2.05) is 19.1 Å². The predicted octanol–water partition coefficient (Wildman–Crippen LogP) is 3.97. The molecule has 5 heteroatoms. The second-order valence-corrected chi connectivity index (χ2v) is 5.23. The van der Waals surface area contributed by atoms with Crippen molar-refractivity contribution in [1.82, 2.24) is 4.98 Å². The molecule has 0 unspecified atom stereocenters. The molecule has 0 aliphatic rings. The monoisotopic (exact) mass is 300 g/mol. The Labute approximate surface area is 126 Å². The van der Waals surface area contributed by atoms with Crippen LogP contribution in [0.3, 0.4) is 0 Å². The highest BCUT2D eigenvalue weighted by molar-refractivity contribution is 6.32. The van der Waals surface area contributed by atoms with Gasteiger partial charge in [0.1, 0.15) is 5.58 Å². The molecule has 2 aromatic heterocycles. The number of aromatic nitrogens is 1. The maximum absolute atomic E-state index is 12.1. The lowest BCUT2D eigenvalue weighted by molar-refractivity contribution is -0.115. The maximum Gasteiger partial charge on any atom is 0.228 e. The van der Waals surface area contributed by atoms with Gasteiger partial charge in [0.25, 0.3) is 0 Å². The Morgan fingerprint density at radius 1 is 1.33 bits per heavy atom. The van der Waals surface area contributed by atoms with Gasteiger partial charge in [-0.1, -0.05) is 11.6 Å². The molecule has 0 saturated heterocycles. The van der Waals surface area contributed by atoms with Crippen LogP contribution in [0.15, 0.2) is 47.3 Å². The van der Waals surface area contributed by atoms with Gasteiger partial charge in [-0.15, -0.1) is 0 Å². The van der Waals surface area contributed by atoms with E-state index in [1.54, 1.807) is 30.8 Å². The van der Waals surface area contributed by atoms with Gasteiger partial charge < -0.3 is 9.73 Å². The zero-order chi connectivity index (χ0) is 14.8. The van der Waals surface area contributed by atoms with Gasteiger partial charge in [-0.05, 0) is 36.8 Å². The van der Waals surface area contributed by atoms with Crippen LogP contribution in [0.4, 0.5) is 5.69 Å². The molecule has 0 spiro atoms. The third kappa shape index (κ3) is 2.90. The number of nitrogens with one attached hydrogen (secondary N) is 1. The molecular weight excluding hydrogens is 288 g/mol. The minimum absolute atomic E-state index is 0.111. The first-order valence-corrected chi connectivity index (χ1v) is 6.87. The minimum Gasteiger partial charge on any atom is -0.464 e. The van der Waals surface area contributed by atoms with Gasteiger partial charge in [-0.2, -0.15) is 0 Å². The first kappa shape index (κ1) is 13.6. The van der Waals surface area contributed by atoms with E-state index in [0.29, 0.717) is 5.02 Å². The van der Waals surface area contributed by atoms with Gasteiger partial charge in [-0.25, -0.2) is 0 Å².